The summed E-state index contributed by atoms with van der Waals surface area (Å²) >= 11 is 0. The van der Waals surface area contributed by atoms with Gasteiger partial charge in [0.15, 0.2) is 11.3 Å². The number of furan rings is 1. The van der Waals surface area contributed by atoms with E-state index in [2.05, 4.69) is 11.4 Å². The summed E-state index contributed by atoms with van der Waals surface area (Å²) < 4.78 is 11.5. The van der Waals surface area contributed by atoms with Crippen molar-refractivity contribution in [2.45, 2.75) is 45.6 Å². The molecule has 3 rings (SSSR count). The highest BCUT2D eigenvalue weighted by Gasteiger charge is 2.42. The zero-order valence-corrected chi connectivity index (χ0v) is 14.1. The van der Waals surface area contributed by atoms with Gasteiger partial charge in [-0.05, 0) is 38.8 Å². The molecule has 0 aliphatic heterocycles. The van der Waals surface area contributed by atoms with Gasteiger partial charge >= 0.3 is 0 Å². The molecule has 1 fully saturated rings. The van der Waals surface area contributed by atoms with Crippen LogP contribution < -0.4 is 10.1 Å². The number of hydrogen-bond donors (Lipinski definition) is 1. The standard InChI is InChI=1S/C19H22N2O3/c1-3-23-15-8-6-7-14-11-16(24-17(14)15)13(2)21-18(22)19(12-20)9-4-5-10-19/h6-8,11,13H,3-5,9-10H2,1-2H3,(H,21,22). The molecular formula is C19H22N2O3. The fraction of sp³-hybridized carbons (Fsp3) is 0.474. The average Bonchev–Trinajstić information content (AvgIpc) is 3.23. The molecule has 1 aromatic carbocycles. The Balaban J connectivity index is 1.81. The molecule has 1 aromatic heterocycles. The van der Waals surface area contributed by atoms with Crippen molar-refractivity contribution in [2.24, 2.45) is 5.41 Å². The molecule has 126 valence electrons. The van der Waals surface area contributed by atoms with Gasteiger partial charge in [-0.25, -0.2) is 0 Å². The van der Waals surface area contributed by atoms with E-state index in [0.717, 1.165) is 18.2 Å². The number of nitrogens with one attached hydrogen (secondary N) is 1. The topological polar surface area (TPSA) is 75.3 Å². The summed E-state index contributed by atoms with van der Waals surface area (Å²) in [5.41, 5.74) is -0.192. The second kappa shape index (κ2) is 6.56. The summed E-state index contributed by atoms with van der Waals surface area (Å²) in [6, 6.07) is 9.57. The van der Waals surface area contributed by atoms with E-state index in [4.69, 9.17) is 9.15 Å². The molecule has 0 bridgehead atoms. The summed E-state index contributed by atoms with van der Waals surface area (Å²) in [6.45, 7) is 4.36. The first-order valence-corrected chi connectivity index (χ1v) is 8.47. The third kappa shape index (κ3) is 2.84. The lowest BCUT2D eigenvalue weighted by molar-refractivity contribution is -0.128. The summed E-state index contributed by atoms with van der Waals surface area (Å²) in [7, 11) is 0. The van der Waals surface area contributed by atoms with Gasteiger partial charge in [0.2, 0.25) is 5.91 Å². The van der Waals surface area contributed by atoms with Crippen LogP contribution in [0, 0.1) is 16.7 Å². The van der Waals surface area contributed by atoms with Crippen molar-refractivity contribution in [2.75, 3.05) is 6.61 Å². The van der Waals surface area contributed by atoms with E-state index >= 15 is 0 Å². The molecule has 0 radical (unpaired) electrons. The number of fused-ring (bicyclic) bond motifs is 1. The predicted octanol–water partition coefficient (Wildman–Crippen LogP) is 4.09. The quantitative estimate of drug-likeness (QED) is 0.898. The van der Waals surface area contributed by atoms with Crippen LogP contribution in [-0.4, -0.2) is 12.5 Å². The molecule has 1 unspecified atom stereocenters. The highest BCUT2D eigenvalue weighted by Crippen LogP contribution is 2.38. The van der Waals surface area contributed by atoms with E-state index in [-0.39, 0.29) is 11.9 Å². The van der Waals surface area contributed by atoms with Gasteiger partial charge in [0.25, 0.3) is 0 Å². The number of nitrogens with zero attached hydrogens (tertiary/aromatic N) is 1. The first-order valence-electron chi connectivity index (χ1n) is 8.47. The van der Waals surface area contributed by atoms with Crippen LogP contribution >= 0.6 is 0 Å². The van der Waals surface area contributed by atoms with Crippen LogP contribution in [0.4, 0.5) is 0 Å². The lowest BCUT2D eigenvalue weighted by atomic mass is 9.87. The molecule has 0 saturated heterocycles. The van der Waals surface area contributed by atoms with Gasteiger partial charge in [0.1, 0.15) is 11.2 Å². The number of nitriles is 1. The van der Waals surface area contributed by atoms with Crippen molar-refractivity contribution < 1.29 is 13.9 Å². The van der Waals surface area contributed by atoms with Crippen LogP contribution in [0.1, 0.15) is 51.3 Å². The molecule has 24 heavy (non-hydrogen) atoms. The van der Waals surface area contributed by atoms with Gasteiger partial charge < -0.3 is 14.5 Å². The molecular weight excluding hydrogens is 304 g/mol. The lowest BCUT2D eigenvalue weighted by Crippen LogP contribution is -2.39. The summed E-state index contributed by atoms with van der Waals surface area (Å²) in [4.78, 5) is 12.6. The van der Waals surface area contributed by atoms with Crippen LogP contribution in [0.5, 0.6) is 5.75 Å². The van der Waals surface area contributed by atoms with Gasteiger partial charge in [-0.15, -0.1) is 0 Å². The number of hydrogen-bond acceptors (Lipinski definition) is 4. The van der Waals surface area contributed by atoms with E-state index in [1.165, 1.54) is 0 Å². The summed E-state index contributed by atoms with van der Waals surface area (Å²) in [5, 5.41) is 13.3. The third-order valence-corrected chi connectivity index (χ3v) is 4.71. The summed E-state index contributed by atoms with van der Waals surface area (Å²) in [5.74, 6) is 1.17. The maximum absolute atomic E-state index is 12.6. The number of benzene rings is 1. The molecule has 0 spiro atoms. The molecule has 1 amide bonds. The Kier molecular flexibility index (Phi) is 4.48. The van der Waals surface area contributed by atoms with Gasteiger partial charge in [0.05, 0.1) is 18.7 Å². The minimum Gasteiger partial charge on any atom is -0.490 e. The highest BCUT2D eigenvalue weighted by atomic mass is 16.5. The number of amides is 1. The number of para-hydroxylation sites is 1. The number of carbonyl (C=O) groups excluding carboxylic acids is 1. The van der Waals surface area contributed by atoms with E-state index < -0.39 is 5.41 Å². The minimum atomic E-state index is -0.878. The van der Waals surface area contributed by atoms with Crippen molar-refractivity contribution in [3.63, 3.8) is 0 Å². The van der Waals surface area contributed by atoms with Crippen LogP contribution in [0.2, 0.25) is 0 Å². The van der Waals surface area contributed by atoms with Crippen LogP contribution in [0.25, 0.3) is 11.0 Å². The van der Waals surface area contributed by atoms with Crippen LogP contribution in [-0.2, 0) is 4.79 Å². The summed E-state index contributed by atoms with van der Waals surface area (Å²) in [6.07, 6.45) is 3.13. The first-order chi connectivity index (χ1) is 11.6. The Labute approximate surface area is 141 Å². The molecule has 1 N–H and O–H groups in total. The number of rotatable bonds is 5. The SMILES string of the molecule is CCOc1cccc2cc(C(C)NC(=O)C3(C#N)CCCC3)oc12. The minimum absolute atomic E-state index is 0.194. The largest absolute Gasteiger partial charge is 0.490 e. The Morgan fingerprint density at radius 1 is 1.46 bits per heavy atom. The maximum Gasteiger partial charge on any atom is 0.241 e. The smallest absolute Gasteiger partial charge is 0.241 e. The predicted molar refractivity (Wildman–Crippen MR) is 90.5 cm³/mol. The highest BCUT2D eigenvalue weighted by molar-refractivity contribution is 5.87. The molecule has 1 aliphatic rings. The van der Waals surface area contributed by atoms with Crippen molar-refractivity contribution in [1.29, 1.82) is 5.26 Å². The fourth-order valence-electron chi connectivity index (χ4n) is 3.31. The van der Waals surface area contributed by atoms with Gasteiger partial charge in [-0.2, -0.15) is 5.26 Å². The molecule has 2 aromatic rings. The first kappa shape index (κ1) is 16.4. The van der Waals surface area contributed by atoms with E-state index in [1.54, 1.807) is 0 Å². The second-order valence-corrected chi connectivity index (χ2v) is 6.35. The molecule has 5 heteroatoms. The molecule has 1 aliphatic carbocycles. The number of carbonyl (C=O) groups is 1. The van der Waals surface area contributed by atoms with Gasteiger partial charge in [-0.1, -0.05) is 25.0 Å². The second-order valence-electron chi connectivity index (χ2n) is 6.35. The van der Waals surface area contributed by atoms with Crippen LogP contribution in [0.3, 0.4) is 0 Å². The van der Waals surface area contributed by atoms with E-state index in [0.29, 0.717) is 36.5 Å². The zero-order valence-electron chi connectivity index (χ0n) is 14.1. The normalized spacial score (nSPS) is 17.4. The van der Waals surface area contributed by atoms with Crippen molar-refractivity contribution in [3.8, 4) is 11.8 Å². The van der Waals surface area contributed by atoms with Crippen molar-refractivity contribution in [1.82, 2.24) is 5.32 Å². The average molecular weight is 326 g/mol. The number of ether oxygens (including phenoxy) is 1. The Hall–Kier alpha value is -2.48. The van der Waals surface area contributed by atoms with E-state index in [1.807, 2.05) is 38.1 Å². The Morgan fingerprint density at radius 2 is 2.21 bits per heavy atom. The van der Waals surface area contributed by atoms with Crippen LogP contribution in [0.15, 0.2) is 28.7 Å². The fourth-order valence-corrected chi connectivity index (χ4v) is 3.31. The molecule has 1 atom stereocenters. The Bertz CT molecular complexity index is 781. The molecule has 1 heterocycles. The van der Waals surface area contributed by atoms with Crippen molar-refractivity contribution in [3.05, 3.63) is 30.0 Å². The Morgan fingerprint density at radius 3 is 2.88 bits per heavy atom. The zero-order chi connectivity index (χ0) is 17.2. The van der Waals surface area contributed by atoms with Gasteiger partial charge in [-0.3, -0.25) is 4.79 Å². The van der Waals surface area contributed by atoms with Crippen molar-refractivity contribution >= 4 is 16.9 Å². The van der Waals surface area contributed by atoms with E-state index in [9.17, 15) is 10.1 Å². The monoisotopic (exact) mass is 326 g/mol. The van der Waals surface area contributed by atoms with Gasteiger partial charge in [0, 0.05) is 5.39 Å². The maximum atomic E-state index is 12.6. The lowest BCUT2D eigenvalue weighted by Gasteiger charge is -2.21. The molecule has 5 nitrogen and oxygen atoms in total. The molecule has 1 saturated carbocycles. The third-order valence-electron chi connectivity index (χ3n) is 4.71.